The number of hydrogen-bond acceptors (Lipinski definition) is 6. The van der Waals surface area contributed by atoms with E-state index >= 15 is 0 Å². The lowest BCUT2D eigenvalue weighted by Crippen LogP contribution is -2.64. The van der Waals surface area contributed by atoms with Gasteiger partial charge < -0.3 is 15.2 Å². The molecule has 9 heteroatoms. The summed E-state index contributed by atoms with van der Waals surface area (Å²) < 4.78 is 14.8. The summed E-state index contributed by atoms with van der Waals surface area (Å²) in [5.41, 5.74) is 5.37. The van der Waals surface area contributed by atoms with E-state index < -0.39 is 11.9 Å². The van der Waals surface area contributed by atoms with Gasteiger partial charge in [-0.15, -0.1) is 0 Å². The molecule has 4 heterocycles. The van der Waals surface area contributed by atoms with Crippen molar-refractivity contribution < 1.29 is 9.18 Å². The van der Waals surface area contributed by atoms with Crippen molar-refractivity contribution in [3.8, 4) is 0 Å². The molecule has 1 amide bonds. The molecule has 0 aromatic carbocycles. The Kier molecular flexibility index (Phi) is 5.09. The molecule has 2 aliphatic carbocycles. The van der Waals surface area contributed by atoms with Crippen molar-refractivity contribution in [2.45, 2.75) is 50.7 Å². The lowest BCUT2D eigenvalue weighted by molar-refractivity contribution is 0.0654. The molecule has 2 unspecified atom stereocenters. The van der Waals surface area contributed by atoms with Crippen LogP contribution in [0.1, 0.15) is 46.4 Å². The van der Waals surface area contributed by atoms with Gasteiger partial charge in [-0.05, 0) is 61.4 Å². The number of pyridine rings is 3. The summed E-state index contributed by atoms with van der Waals surface area (Å²) in [7, 11) is 1.50. The Hall–Kier alpha value is -3.33. The van der Waals surface area contributed by atoms with E-state index in [9.17, 15) is 14.0 Å². The summed E-state index contributed by atoms with van der Waals surface area (Å²) in [6.45, 7) is 2.22. The third kappa shape index (κ3) is 3.37. The standard InChI is InChI=1S/C25H27FN6O2/c1-27-25(34)17-5-6-21(23(26)29-17)32-10-9-31(19-7-8-20(19)32)13-14-11-18-22(28-12-14)15-3-2-4-16(15)24(33)30-18/h5-6,11-12,19-20H,2-4,7-10,13H2,1H3,(H,27,34)(H,30,33). The molecule has 1 saturated carbocycles. The summed E-state index contributed by atoms with van der Waals surface area (Å²) in [4.78, 5) is 40.4. The van der Waals surface area contributed by atoms with Crippen LogP contribution in [-0.2, 0) is 19.4 Å². The topological polar surface area (TPSA) is 94.2 Å². The maximum atomic E-state index is 14.8. The number of aromatic amines is 1. The molecular formula is C25H27FN6O2. The SMILES string of the molecule is CNC(=O)c1ccc(N2CCN(Cc3cnc4c5c(c(=O)[nH]c4c3)CCC5)C3CCC32)c(F)n1. The number of aromatic nitrogens is 3. The fourth-order valence-electron chi connectivity index (χ4n) is 5.83. The van der Waals surface area contributed by atoms with Crippen LogP contribution >= 0.6 is 0 Å². The molecule has 1 saturated heterocycles. The Morgan fingerprint density at radius 1 is 1.21 bits per heavy atom. The molecule has 0 radical (unpaired) electrons. The Labute approximate surface area is 196 Å². The van der Waals surface area contributed by atoms with E-state index in [-0.39, 0.29) is 17.3 Å². The van der Waals surface area contributed by atoms with Crippen LogP contribution in [0.25, 0.3) is 11.0 Å². The lowest BCUT2D eigenvalue weighted by Gasteiger charge is -2.54. The fraction of sp³-hybridized carbons (Fsp3) is 0.440. The molecule has 3 aliphatic rings. The number of amides is 1. The van der Waals surface area contributed by atoms with Gasteiger partial charge >= 0.3 is 0 Å². The van der Waals surface area contributed by atoms with E-state index in [1.165, 1.54) is 7.05 Å². The molecule has 176 valence electrons. The minimum absolute atomic E-state index is 0.0182. The fourth-order valence-corrected chi connectivity index (χ4v) is 5.83. The monoisotopic (exact) mass is 462 g/mol. The summed E-state index contributed by atoms with van der Waals surface area (Å²) >= 11 is 0. The van der Waals surface area contributed by atoms with E-state index in [1.807, 2.05) is 6.20 Å². The highest BCUT2D eigenvalue weighted by Gasteiger charge is 2.43. The molecule has 6 rings (SSSR count). The maximum absolute atomic E-state index is 14.8. The molecule has 8 nitrogen and oxygen atoms in total. The van der Waals surface area contributed by atoms with Crippen LogP contribution in [0.5, 0.6) is 0 Å². The second-order valence-corrected chi connectivity index (χ2v) is 9.47. The molecule has 0 spiro atoms. The van der Waals surface area contributed by atoms with E-state index in [0.29, 0.717) is 18.3 Å². The van der Waals surface area contributed by atoms with Crippen LogP contribution in [0.3, 0.4) is 0 Å². The molecule has 3 aromatic heterocycles. The lowest BCUT2D eigenvalue weighted by atomic mass is 9.81. The Morgan fingerprint density at radius 2 is 2.03 bits per heavy atom. The summed E-state index contributed by atoms with van der Waals surface area (Å²) in [6.07, 6.45) is 6.75. The molecule has 34 heavy (non-hydrogen) atoms. The Balaban J connectivity index is 1.21. The van der Waals surface area contributed by atoms with Gasteiger partial charge in [-0.3, -0.25) is 19.5 Å². The number of nitrogens with zero attached hydrogens (tertiary/aromatic N) is 4. The average Bonchev–Trinajstić information content (AvgIpc) is 3.30. The number of piperazine rings is 1. The van der Waals surface area contributed by atoms with E-state index in [2.05, 4.69) is 31.2 Å². The predicted molar refractivity (Wildman–Crippen MR) is 127 cm³/mol. The Bertz CT molecular complexity index is 1360. The van der Waals surface area contributed by atoms with Crippen LogP contribution in [0.4, 0.5) is 10.1 Å². The largest absolute Gasteiger partial charge is 0.362 e. The number of rotatable bonds is 4. The number of fused-ring (bicyclic) bond motifs is 4. The first-order chi connectivity index (χ1) is 16.5. The van der Waals surface area contributed by atoms with Crippen molar-refractivity contribution in [3.63, 3.8) is 0 Å². The van der Waals surface area contributed by atoms with Gasteiger partial charge in [0.1, 0.15) is 5.69 Å². The third-order valence-electron chi connectivity index (χ3n) is 7.65. The summed E-state index contributed by atoms with van der Waals surface area (Å²) in [5.74, 6) is -0.998. The first-order valence-corrected chi connectivity index (χ1v) is 12.0. The number of carbonyl (C=O) groups is 1. The first kappa shape index (κ1) is 21.2. The van der Waals surface area contributed by atoms with Crippen LogP contribution in [-0.4, -0.2) is 58.0 Å². The molecular weight excluding hydrogens is 435 g/mol. The molecule has 3 aromatic rings. The molecule has 2 atom stereocenters. The van der Waals surface area contributed by atoms with Crippen molar-refractivity contribution >= 4 is 22.6 Å². The third-order valence-corrected chi connectivity index (χ3v) is 7.65. The van der Waals surface area contributed by atoms with E-state index in [1.54, 1.807) is 12.1 Å². The van der Waals surface area contributed by atoms with Crippen molar-refractivity contribution in [1.82, 2.24) is 25.2 Å². The van der Waals surface area contributed by atoms with Gasteiger partial charge in [-0.25, -0.2) is 4.98 Å². The van der Waals surface area contributed by atoms with Crippen molar-refractivity contribution in [2.24, 2.45) is 0 Å². The normalized spacial score (nSPS) is 21.8. The van der Waals surface area contributed by atoms with Crippen LogP contribution in [0.2, 0.25) is 0 Å². The zero-order valence-electron chi connectivity index (χ0n) is 19.1. The number of halogens is 1. The number of nitrogens with one attached hydrogen (secondary N) is 2. The highest BCUT2D eigenvalue weighted by molar-refractivity contribution is 5.92. The number of hydrogen-bond donors (Lipinski definition) is 2. The highest BCUT2D eigenvalue weighted by atomic mass is 19.1. The molecule has 1 aliphatic heterocycles. The minimum atomic E-state index is -0.601. The summed E-state index contributed by atoms with van der Waals surface area (Å²) in [6, 6.07) is 5.84. The van der Waals surface area contributed by atoms with E-state index in [0.717, 1.165) is 72.9 Å². The molecule has 0 bridgehead atoms. The summed E-state index contributed by atoms with van der Waals surface area (Å²) in [5, 5.41) is 2.48. The van der Waals surface area contributed by atoms with E-state index in [4.69, 9.17) is 4.98 Å². The van der Waals surface area contributed by atoms with Crippen molar-refractivity contribution in [2.75, 3.05) is 25.0 Å². The van der Waals surface area contributed by atoms with Gasteiger partial charge in [0.25, 0.3) is 11.5 Å². The van der Waals surface area contributed by atoms with Crippen molar-refractivity contribution in [1.29, 1.82) is 0 Å². The predicted octanol–water partition coefficient (Wildman–Crippen LogP) is 2.16. The molecule has 2 fully saturated rings. The second-order valence-electron chi connectivity index (χ2n) is 9.47. The van der Waals surface area contributed by atoms with Gasteiger partial charge in [0, 0.05) is 50.5 Å². The number of anilines is 1. The number of carbonyl (C=O) groups excluding carboxylic acids is 1. The minimum Gasteiger partial charge on any atom is -0.362 e. The maximum Gasteiger partial charge on any atom is 0.269 e. The van der Waals surface area contributed by atoms with Gasteiger partial charge in [-0.1, -0.05) is 0 Å². The number of aryl methyl sites for hydroxylation is 1. The van der Waals surface area contributed by atoms with Gasteiger partial charge in [0.15, 0.2) is 0 Å². The zero-order valence-corrected chi connectivity index (χ0v) is 19.1. The van der Waals surface area contributed by atoms with Crippen LogP contribution in [0, 0.1) is 5.95 Å². The number of H-pyrrole nitrogens is 1. The zero-order chi connectivity index (χ0) is 23.4. The van der Waals surface area contributed by atoms with Crippen LogP contribution < -0.4 is 15.8 Å². The molecule has 2 N–H and O–H groups in total. The second kappa shape index (κ2) is 8.16. The highest BCUT2D eigenvalue weighted by Crippen LogP contribution is 2.38. The van der Waals surface area contributed by atoms with Crippen LogP contribution in [0.15, 0.2) is 29.2 Å². The van der Waals surface area contributed by atoms with Crippen molar-refractivity contribution in [3.05, 3.63) is 63.1 Å². The first-order valence-electron chi connectivity index (χ1n) is 12.0. The smallest absolute Gasteiger partial charge is 0.269 e. The Morgan fingerprint density at radius 3 is 2.79 bits per heavy atom. The van der Waals surface area contributed by atoms with Gasteiger partial charge in [0.2, 0.25) is 5.95 Å². The van der Waals surface area contributed by atoms with Gasteiger partial charge in [-0.2, -0.15) is 4.39 Å². The van der Waals surface area contributed by atoms with Gasteiger partial charge in [0.05, 0.1) is 16.7 Å². The average molecular weight is 463 g/mol. The quantitative estimate of drug-likeness (QED) is 0.577.